The van der Waals surface area contributed by atoms with Gasteiger partial charge in [-0.15, -0.1) is 11.3 Å². The number of rotatable bonds is 8. The summed E-state index contributed by atoms with van der Waals surface area (Å²) in [5.41, 5.74) is 2.99. The van der Waals surface area contributed by atoms with E-state index in [0.29, 0.717) is 6.54 Å². The van der Waals surface area contributed by atoms with Gasteiger partial charge in [-0.1, -0.05) is 48.2 Å². The minimum atomic E-state index is -0.177. The van der Waals surface area contributed by atoms with Crippen molar-refractivity contribution in [1.82, 2.24) is 20.2 Å². The summed E-state index contributed by atoms with van der Waals surface area (Å²) in [5, 5.41) is 6.42. The third-order valence-electron chi connectivity index (χ3n) is 5.90. The normalized spacial score (nSPS) is 18.6. The molecule has 0 aliphatic carbocycles. The third-order valence-corrected chi connectivity index (χ3v) is 7.85. The van der Waals surface area contributed by atoms with Gasteiger partial charge in [0, 0.05) is 35.3 Å². The highest BCUT2D eigenvalue weighted by Crippen LogP contribution is 2.34. The molecular weight excluding hydrogens is 452 g/mol. The van der Waals surface area contributed by atoms with E-state index in [1.54, 1.807) is 30.2 Å². The summed E-state index contributed by atoms with van der Waals surface area (Å²) in [6, 6.07) is 19.9. The number of aromatic nitrogens is 2. The lowest BCUT2D eigenvalue weighted by Crippen LogP contribution is -2.42. The molecule has 0 saturated carbocycles. The van der Waals surface area contributed by atoms with Crippen LogP contribution in [0.2, 0.25) is 0 Å². The molecule has 1 aliphatic heterocycles. The van der Waals surface area contributed by atoms with Crippen molar-refractivity contribution < 1.29 is 9.53 Å². The molecule has 33 heavy (non-hydrogen) atoms. The van der Waals surface area contributed by atoms with Gasteiger partial charge in [0.2, 0.25) is 5.91 Å². The molecule has 6 nitrogen and oxygen atoms in total. The molecule has 0 radical (unpaired) electrons. The van der Waals surface area contributed by atoms with Crippen molar-refractivity contribution in [1.29, 1.82) is 0 Å². The second-order valence-electron chi connectivity index (χ2n) is 8.09. The minimum Gasteiger partial charge on any atom is -0.496 e. The molecule has 0 unspecified atom stereocenters. The highest BCUT2D eigenvalue weighted by atomic mass is 32.2. The SMILES string of the molecule is COc1ccccc1CNC(=O)[C@@H]1C[C@@H](Sc2nc3ccccc3[nH]2)CN1Cc1cccs1. The highest BCUT2D eigenvalue weighted by Gasteiger charge is 2.37. The molecule has 5 rings (SSSR count). The molecule has 3 heterocycles. The third kappa shape index (κ3) is 5.08. The number of imidazole rings is 1. The average molecular weight is 479 g/mol. The van der Waals surface area contributed by atoms with Crippen LogP contribution in [0.3, 0.4) is 0 Å². The summed E-state index contributed by atoms with van der Waals surface area (Å²) in [4.78, 5) is 25.0. The summed E-state index contributed by atoms with van der Waals surface area (Å²) in [6.45, 7) is 2.07. The van der Waals surface area contributed by atoms with Crippen LogP contribution in [0.25, 0.3) is 11.0 Å². The second kappa shape index (κ2) is 9.99. The Morgan fingerprint density at radius 3 is 2.88 bits per heavy atom. The van der Waals surface area contributed by atoms with Crippen molar-refractivity contribution >= 4 is 40.0 Å². The number of thioether (sulfide) groups is 1. The summed E-state index contributed by atoms with van der Waals surface area (Å²) in [6.07, 6.45) is 0.783. The summed E-state index contributed by atoms with van der Waals surface area (Å²) in [7, 11) is 1.65. The zero-order valence-electron chi connectivity index (χ0n) is 18.4. The maximum atomic E-state index is 13.3. The first kappa shape index (κ1) is 22.0. The van der Waals surface area contributed by atoms with Gasteiger partial charge in [0.05, 0.1) is 24.2 Å². The molecule has 2 aromatic carbocycles. The first-order valence-corrected chi connectivity index (χ1v) is 12.7. The second-order valence-corrected chi connectivity index (χ2v) is 10.4. The number of para-hydroxylation sites is 3. The largest absolute Gasteiger partial charge is 0.496 e. The number of carbonyl (C=O) groups excluding carboxylic acids is 1. The van der Waals surface area contributed by atoms with Crippen molar-refractivity contribution in [2.75, 3.05) is 13.7 Å². The maximum absolute atomic E-state index is 13.3. The predicted molar refractivity (Wildman–Crippen MR) is 134 cm³/mol. The number of methoxy groups -OCH3 is 1. The van der Waals surface area contributed by atoms with E-state index in [1.165, 1.54) is 4.88 Å². The Kier molecular flexibility index (Phi) is 6.66. The molecule has 2 aromatic heterocycles. The van der Waals surface area contributed by atoms with E-state index in [4.69, 9.17) is 9.72 Å². The summed E-state index contributed by atoms with van der Waals surface area (Å²) < 4.78 is 5.43. The smallest absolute Gasteiger partial charge is 0.237 e. The molecule has 2 N–H and O–H groups in total. The first-order chi connectivity index (χ1) is 16.2. The lowest BCUT2D eigenvalue weighted by molar-refractivity contribution is -0.125. The van der Waals surface area contributed by atoms with Crippen molar-refractivity contribution in [2.45, 2.75) is 36.0 Å². The first-order valence-electron chi connectivity index (χ1n) is 11.0. The molecule has 2 atom stereocenters. The molecule has 170 valence electrons. The van der Waals surface area contributed by atoms with E-state index >= 15 is 0 Å². The van der Waals surface area contributed by atoms with Crippen molar-refractivity contribution in [3.63, 3.8) is 0 Å². The van der Waals surface area contributed by atoms with Crippen LogP contribution >= 0.6 is 23.1 Å². The van der Waals surface area contributed by atoms with Gasteiger partial charge >= 0.3 is 0 Å². The zero-order chi connectivity index (χ0) is 22.6. The lowest BCUT2D eigenvalue weighted by Gasteiger charge is -2.23. The number of likely N-dealkylation sites (tertiary alicyclic amines) is 1. The van der Waals surface area contributed by atoms with Crippen LogP contribution in [0, 0.1) is 0 Å². The molecule has 1 amide bonds. The fourth-order valence-corrected chi connectivity index (χ4v) is 6.20. The summed E-state index contributed by atoms with van der Waals surface area (Å²) >= 11 is 3.46. The predicted octanol–water partition coefficient (Wildman–Crippen LogP) is 4.68. The number of hydrogen-bond donors (Lipinski definition) is 2. The number of benzene rings is 2. The number of nitrogens with one attached hydrogen (secondary N) is 2. The molecule has 8 heteroatoms. The standard InChI is InChI=1S/C25H26N4O2S2/c1-31-23-11-5-2-7-17(23)14-26-24(30)22-13-19(16-29(22)15-18-8-6-12-32-18)33-25-27-20-9-3-4-10-21(20)28-25/h2-12,19,22H,13-16H2,1H3,(H,26,30)(H,27,28)/t19-,22+/m1/s1. The molecule has 1 saturated heterocycles. The molecule has 1 aliphatic rings. The van der Waals surface area contributed by atoms with E-state index in [0.717, 1.165) is 47.0 Å². The Morgan fingerprint density at radius 1 is 1.21 bits per heavy atom. The number of nitrogens with zero attached hydrogens (tertiary/aromatic N) is 2. The Bertz CT molecular complexity index is 1190. The maximum Gasteiger partial charge on any atom is 0.237 e. The van der Waals surface area contributed by atoms with Crippen LogP contribution in [0.5, 0.6) is 5.75 Å². The Balaban J connectivity index is 1.29. The Hall–Kier alpha value is -2.81. The van der Waals surface area contributed by atoms with E-state index in [9.17, 15) is 4.79 Å². The number of carbonyl (C=O) groups is 1. The number of thiophene rings is 1. The number of amides is 1. The molecule has 0 spiro atoms. The Labute approximate surface area is 201 Å². The number of fused-ring (bicyclic) bond motifs is 1. The van der Waals surface area contributed by atoms with Crippen molar-refractivity contribution in [3.05, 3.63) is 76.5 Å². The zero-order valence-corrected chi connectivity index (χ0v) is 20.0. The lowest BCUT2D eigenvalue weighted by atomic mass is 10.1. The van der Waals surface area contributed by atoms with Crippen molar-refractivity contribution in [2.24, 2.45) is 0 Å². The number of hydrogen-bond acceptors (Lipinski definition) is 6. The molecule has 4 aromatic rings. The number of H-pyrrole nitrogens is 1. The van der Waals surface area contributed by atoms with Crippen molar-refractivity contribution in [3.8, 4) is 5.75 Å². The van der Waals surface area contributed by atoms with Crippen LogP contribution in [0.1, 0.15) is 16.9 Å². The topological polar surface area (TPSA) is 70.2 Å². The fourth-order valence-electron chi connectivity index (χ4n) is 4.29. The van der Waals surface area contributed by atoms with Gasteiger partial charge in [-0.05, 0) is 36.1 Å². The van der Waals surface area contributed by atoms with Crippen LogP contribution in [-0.4, -0.2) is 45.7 Å². The van der Waals surface area contributed by atoms with E-state index < -0.39 is 0 Å². The molecule has 1 fully saturated rings. The van der Waals surface area contributed by atoms with E-state index in [-0.39, 0.29) is 17.2 Å². The quantitative estimate of drug-likeness (QED) is 0.385. The molecular formula is C25H26N4O2S2. The molecule has 0 bridgehead atoms. The van der Waals surface area contributed by atoms with Crippen LogP contribution in [0.15, 0.2) is 71.2 Å². The van der Waals surface area contributed by atoms with Gasteiger partial charge < -0.3 is 15.0 Å². The monoisotopic (exact) mass is 478 g/mol. The van der Waals surface area contributed by atoms with Gasteiger partial charge in [0.1, 0.15) is 5.75 Å². The number of aromatic amines is 1. The van der Waals surface area contributed by atoms with Crippen LogP contribution in [-0.2, 0) is 17.9 Å². The van der Waals surface area contributed by atoms with E-state index in [2.05, 4.69) is 32.7 Å². The van der Waals surface area contributed by atoms with Gasteiger partial charge in [0.25, 0.3) is 0 Å². The summed E-state index contributed by atoms with van der Waals surface area (Å²) in [5.74, 6) is 0.850. The average Bonchev–Trinajstić information content (AvgIpc) is 3.58. The Morgan fingerprint density at radius 2 is 2.06 bits per heavy atom. The van der Waals surface area contributed by atoms with Gasteiger partial charge in [0.15, 0.2) is 5.16 Å². The van der Waals surface area contributed by atoms with Gasteiger partial charge in [-0.3, -0.25) is 9.69 Å². The van der Waals surface area contributed by atoms with Gasteiger partial charge in [-0.25, -0.2) is 4.98 Å². The minimum absolute atomic E-state index is 0.0603. The van der Waals surface area contributed by atoms with Gasteiger partial charge in [-0.2, -0.15) is 0 Å². The van der Waals surface area contributed by atoms with Crippen LogP contribution in [0.4, 0.5) is 0 Å². The number of ether oxygens (including phenoxy) is 1. The highest BCUT2D eigenvalue weighted by molar-refractivity contribution is 7.99. The fraction of sp³-hybridized carbons (Fsp3) is 0.280. The van der Waals surface area contributed by atoms with E-state index in [1.807, 2.05) is 48.5 Å². The van der Waals surface area contributed by atoms with Crippen LogP contribution < -0.4 is 10.1 Å².